The van der Waals surface area contributed by atoms with E-state index in [9.17, 15) is 0 Å². The fourth-order valence-electron chi connectivity index (χ4n) is 0.438. The molecular weight excluding hydrogens is 126 g/mol. The van der Waals surface area contributed by atoms with Gasteiger partial charge < -0.3 is 0 Å². The third-order valence-corrected chi connectivity index (χ3v) is 3.35. The molecule has 0 amide bonds. The second-order valence-corrected chi connectivity index (χ2v) is 4.14. The number of hydrogen-bond donors (Lipinski definition) is 0. The predicted octanol–water partition coefficient (Wildman–Crippen LogP) is 2.15. The van der Waals surface area contributed by atoms with Gasteiger partial charge >= 0.3 is 0 Å². The minimum absolute atomic E-state index is 0.491. The molecule has 1 aliphatic rings. The van der Waals surface area contributed by atoms with Crippen LogP contribution >= 0.6 is 21.6 Å². The Morgan fingerprint density at radius 3 is 2.57 bits per heavy atom. The van der Waals surface area contributed by atoms with E-state index < -0.39 is 0 Å². The molecule has 0 radical (unpaired) electrons. The summed E-state index contributed by atoms with van der Waals surface area (Å²) in [5.74, 6) is 0. The van der Waals surface area contributed by atoms with Crippen LogP contribution in [0.15, 0.2) is 4.99 Å². The highest BCUT2D eigenvalue weighted by Crippen LogP contribution is 2.35. The molecule has 0 aromatic heterocycles. The van der Waals surface area contributed by atoms with Crippen LogP contribution < -0.4 is 0 Å². The van der Waals surface area contributed by atoms with Crippen molar-refractivity contribution in [1.29, 1.82) is 0 Å². The molecule has 0 aromatic carbocycles. The predicted molar refractivity (Wildman–Crippen MR) is 37.8 cm³/mol. The van der Waals surface area contributed by atoms with Crippen LogP contribution in [0.2, 0.25) is 0 Å². The first kappa shape index (κ1) is 5.51. The van der Waals surface area contributed by atoms with E-state index in [2.05, 4.69) is 11.9 Å². The molecule has 1 aliphatic heterocycles. The van der Waals surface area contributed by atoms with Crippen molar-refractivity contribution in [2.24, 2.45) is 4.99 Å². The molecule has 0 aliphatic carbocycles. The van der Waals surface area contributed by atoms with Crippen molar-refractivity contribution >= 4 is 26.6 Å². The summed E-state index contributed by atoms with van der Waals surface area (Å²) in [7, 11) is 3.59. The fraction of sp³-hybridized carbons (Fsp3) is 0.750. The summed E-state index contributed by atoms with van der Waals surface area (Å²) in [5.41, 5.74) is 0. The molecule has 3 heteroatoms. The van der Waals surface area contributed by atoms with Gasteiger partial charge in [0.15, 0.2) is 0 Å². The molecule has 0 fully saturated rings. The van der Waals surface area contributed by atoms with Crippen LogP contribution in [0.1, 0.15) is 13.8 Å². The third kappa shape index (κ3) is 1.39. The molecule has 0 N–H and O–H groups in total. The number of aliphatic imine (C=N–C) groups is 1. The van der Waals surface area contributed by atoms with Crippen LogP contribution in [0.25, 0.3) is 0 Å². The Bertz CT molecular complexity index is 99.9. The summed E-state index contributed by atoms with van der Waals surface area (Å²) in [6, 6.07) is 0. The van der Waals surface area contributed by atoms with Crippen LogP contribution in [-0.4, -0.2) is 10.4 Å². The van der Waals surface area contributed by atoms with Crippen molar-refractivity contribution < 1.29 is 0 Å². The second-order valence-electron chi connectivity index (χ2n) is 1.43. The maximum atomic E-state index is 4.23. The summed E-state index contributed by atoms with van der Waals surface area (Å²) in [4.78, 5) is 4.23. The highest BCUT2D eigenvalue weighted by Gasteiger charge is 2.08. The maximum Gasteiger partial charge on any atom is 0.104 e. The number of nitrogens with zero attached hydrogens (tertiary/aromatic N) is 1. The SMILES string of the molecule is CC1=NC(C)SS1. The topological polar surface area (TPSA) is 12.4 Å². The van der Waals surface area contributed by atoms with Crippen LogP contribution in [-0.2, 0) is 0 Å². The molecule has 0 bridgehead atoms. The van der Waals surface area contributed by atoms with E-state index >= 15 is 0 Å². The quantitative estimate of drug-likeness (QED) is 0.469. The average Bonchev–Trinajstić information content (AvgIpc) is 1.87. The van der Waals surface area contributed by atoms with Crippen LogP contribution in [0.3, 0.4) is 0 Å². The van der Waals surface area contributed by atoms with Gasteiger partial charge in [-0.05, 0) is 24.6 Å². The molecule has 0 aromatic rings. The molecule has 0 saturated carbocycles. The average molecular weight is 133 g/mol. The molecule has 1 nitrogen and oxygen atoms in total. The molecule has 1 atom stereocenters. The molecule has 1 rings (SSSR count). The highest BCUT2D eigenvalue weighted by molar-refractivity contribution is 8.82. The van der Waals surface area contributed by atoms with Crippen LogP contribution in [0.5, 0.6) is 0 Å². The van der Waals surface area contributed by atoms with Gasteiger partial charge in [0.05, 0.1) is 5.04 Å². The summed E-state index contributed by atoms with van der Waals surface area (Å²) in [6.45, 7) is 4.15. The second kappa shape index (κ2) is 2.09. The highest BCUT2D eigenvalue weighted by atomic mass is 33.1. The summed E-state index contributed by atoms with van der Waals surface area (Å²) >= 11 is 0. The van der Waals surface area contributed by atoms with Crippen molar-refractivity contribution in [3.05, 3.63) is 0 Å². The standard InChI is InChI=1S/C4H7NS2/c1-3-5-4(2)7-6-3/h3H,1-2H3. The lowest BCUT2D eigenvalue weighted by atomic mass is 10.7. The van der Waals surface area contributed by atoms with Crippen LogP contribution in [0, 0.1) is 0 Å². The largest absolute Gasteiger partial charge is 0.268 e. The minimum atomic E-state index is 0.491. The van der Waals surface area contributed by atoms with Gasteiger partial charge in [0, 0.05) is 0 Å². The van der Waals surface area contributed by atoms with Crippen molar-refractivity contribution in [2.75, 3.05) is 0 Å². The summed E-state index contributed by atoms with van der Waals surface area (Å²) < 4.78 is 0. The van der Waals surface area contributed by atoms with Crippen LogP contribution in [0.4, 0.5) is 0 Å². The Balaban J connectivity index is 2.50. The number of hydrogen-bond acceptors (Lipinski definition) is 3. The Morgan fingerprint density at radius 1 is 1.71 bits per heavy atom. The lowest BCUT2D eigenvalue weighted by molar-refractivity contribution is 1.06. The van der Waals surface area contributed by atoms with Gasteiger partial charge in [-0.3, -0.25) is 4.99 Å². The zero-order valence-corrected chi connectivity index (χ0v) is 5.97. The summed E-state index contributed by atoms with van der Waals surface area (Å²) in [5, 5.41) is 1.70. The first-order chi connectivity index (χ1) is 3.29. The molecule has 1 heterocycles. The van der Waals surface area contributed by atoms with Gasteiger partial charge in [0.2, 0.25) is 0 Å². The van der Waals surface area contributed by atoms with E-state index in [4.69, 9.17) is 0 Å². The first-order valence-corrected chi connectivity index (χ1v) is 4.38. The Labute approximate surface area is 51.4 Å². The van der Waals surface area contributed by atoms with E-state index in [0.29, 0.717) is 5.37 Å². The molecular formula is C4H7NS2. The summed E-state index contributed by atoms with van der Waals surface area (Å²) in [6.07, 6.45) is 0. The van der Waals surface area contributed by atoms with Crippen molar-refractivity contribution in [3.63, 3.8) is 0 Å². The zero-order valence-electron chi connectivity index (χ0n) is 4.34. The van der Waals surface area contributed by atoms with Gasteiger partial charge in [0.25, 0.3) is 0 Å². The minimum Gasteiger partial charge on any atom is -0.268 e. The monoisotopic (exact) mass is 133 g/mol. The third-order valence-electron chi connectivity index (χ3n) is 0.672. The normalized spacial score (nSPS) is 30.6. The maximum absolute atomic E-state index is 4.23. The molecule has 1 unspecified atom stereocenters. The van der Waals surface area contributed by atoms with E-state index in [0.717, 1.165) is 0 Å². The lowest BCUT2D eigenvalue weighted by Crippen LogP contribution is -1.80. The van der Waals surface area contributed by atoms with Crippen molar-refractivity contribution in [2.45, 2.75) is 19.2 Å². The number of rotatable bonds is 0. The van der Waals surface area contributed by atoms with Gasteiger partial charge in [0.1, 0.15) is 5.37 Å². The van der Waals surface area contributed by atoms with Gasteiger partial charge in [-0.1, -0.05) is 10.8 Å². The molecule has 7 heavy (non-hydrogen) atoms. The van der Waals surface area contributed by atoms with E-state index in [1.807, 2.05) is 17.7 Å². The van der Waals surface area contributed by atoms with Crippen molar-refractivity contribution in [1.82, 2.24) is 0 Å². The first-order valence-electron chi connectivity index (χ1n) is 2.17. The Morgan fingerprint density at radius 2 is 2.43 bits per heavy atom. The van der Waals surface area contributed by atoms with Gasteiger partial charge in [-0.15, -0.1) is 0 Å². The van der Waals surface area contributed by atoms with E-state index in [-0.39, 0.29) is 0 Å². The van der Waals surface area contributed by atoms with Gasteiger partial charge in [-0.2, -0.15) is 0 Å². The Kier molecular flexibility index (Phi) is 1.65. The van der Waals surface area contributed by atoms with E-state index in [1.165, 1.54) is 5.04 Å². The zero-order chi connectivity index (χ0) is 5.28. The van der Waals surface area contributed by atoms with E-state index in [1.54, 1.807) is 10.8 Å². The smallest absolute Gasteiger partial charge is 0.104 e. The van der Waals surface area contributed by atoms with Gasteiger partial charge in [-0.25, -0.2) is 0 Å². The molecule has 0 spiro atoms. The molecule has 0 saturated heterocycles. The fourth-order valence-corrected chi connectivity index (χ4v) is 2.28. The lowest BCUT2D eigenvalue weighted by Gasteiger charge is -1.86. The van der Waals surface area contributed by atoms with Crippen molar-refractivity contribution in [3.8, 4) is 0 Å². The molecule has 40 valence electrons. The Hall–Kier alpha value is 0.370.